The van der Waals surface area contributed by atoms with Gasteiger partial charge < -0.3 is 4.74 Å². The smallest absolute Gasteiger partial charge is 0.172 e. The number of aldehydes is 1. The van der Waals surface area contributed by atoms with Gasteiger partial charge in [0.05, 0.1) is 12.3 Å². The highest BCUT2D eigenvalue weighted by molar-refractivity contribution is 5.73. The highest BCUT2D eigenvalue weighted by Crippen LogP contribution is 2.13. The second kappa shape index (κ2) is 7.57. The number of carbonyl (C=O) groups is 1. The van der Waals surface area contributed by atoms with E-state index in [0.717, 1.165) is 43.5 Å². The van der Waals surface area contributed by atoms with Crippen molar-refractivity contribution in [2.75, 3.05) is 6.61 Å². The molecule has 0 bridgehead atoms. The molecule has 0 aliphatic heterocycles. The van der Waals surface area contributed by atoms with Crippen LogP contribution in [0.2, 0.25) is 0 Å². The fourth-order valence-corrected chi connectivity index (χ4v) is 2.24. The highest BCUT2D eigenvalue weighted by Gasteiger charge is 2.09. The Balaban J connectivity index is 1.75. The van der Waals surface area contributed by atoms with Crippen molar-refractivity contribution < 1.29 is 9.53 Å². The van der Waals surface area contributed by atoms with Gasteiger partial charge >= 0.3 is 0 Å². The summed E-state index contributed by atoms with van der Waals surface area (Å²) in [7, 11) is 0. The Morgan fingerprint density at radius 2 is 2.19 bits per heavy atom. The van der Waals surface area contributed by atoms with Crippen LogP contribution in [0.3, 0.4) is 0 Å². The van der Waals surface area contributed by atoms with Gasteiger partial charge in [-0.1, -0.05) is 24.3 Å². The summed E-state index contributed by atoms with van der Waals surface area (Å²) in [6, 6.07) is 8.04. The largest absolute Gasteiger partial charge is 0.494 e. The van der Waals surface area contributed by atoms with Gasteiger partial charge in [0, 0.05) is 6.54 Å². The minimum Gasteiger partial charge on any atom is -0.494 e. The van der Waals surface area contributed by atoms with E-state index in [2.05, 4.69) is 23.3 Å². The van der Waals surface area contributed by atoms with Crippen molar-refractivity contribution in [2.24, 2.45) is 0 Å². The Morgan fingerprint density at radius 3 is 2.90 bits per heavy atom. The van der Waals surface area contributed by atoms with Crippen LogP contribution >= 0.6 is 0 Å². The number of rotatable bonds is 8. The summed E-state index contributed by atoms with van der Waals surface area (Å²) in [5.74, 6) is 0.910. The van der Waals surface area contributed by atoms with Crippen LogP contribution in [0.25, 0.3) is 0 Å². The first kappa shape index (κ1) is 15.2. The van der Waals surface area contributed by atoms with Crippen molar-refractivity contribution in [3.63, 3.8) is 0 Å². The molecule has 112 valence electrons. The number of carbonyl (C=O) groups excluding carboxylic acids is 1. The molecule has 2 aromatic rings. The van der Waals surface area contributed by atoms with Gasteiger partial charge in [0.1, 0.15) is 11.4 Å². The molecule has 0 unspecified atom stereocenters. The van der Waals surface area contributed by atoms with Crippen LogP contribution in [-0.4, -0.2) is 27.9 Å². The molecule has 2 rings (SSSR count). The molecule has 0 aliphatic carbocycles. The van der Waals surface area contributed by atoms with E-state index >= 15 is 0 Å². The van der Waals surface area contributed by atoms with E-state index < -0.39 is 0 Å². The normalized spacial score (nSPS) is 10.6. The summed E-state index contributed by atoms with van der Waals surface area (Å²) in [6.45, 7) is 5.50. The fourth-order valence-electron chi connectivity index (χ4n) is 2.24. The predicted octanol–water partition coefficient (Wildman–Crippen LogP) is 2.82. The standard InChI is InChI=1S/C16H21N3O2/c1-3-16-15(12-20)17-18-19(16)9-4-5-10-21-14-8-6-7-13(2)11-14/h6-8,11-12H,3-5,9-10H2,1-2H3. The summed E-state index contributed by atoms with van der Waals surface area (Å²) < 4.78 is 7.52. The van der Waals surface area contributed by atoms with Crippen molar-refractivity contribution in [1.29, 1.82) is 0 Å². The van der Waals surface area contributed by atoms with Crippen molar-refractivity contribution in [2.45, 2.75) is 39.7 Å². The molecule has 5 heteroatoms. The van der Waals surface area contributed by atoms with Crippen LogP contribution in [-0.2, 0) is 13.0 Å². The van der Waals surface area contributed by atoms with Gasteiger partial charge in [-0.15, -0.1) is 5.10 Å². The highest BCUT2D eigenvalue weighted by atomic mass is 16.5. The van der Waals surface area contributed by atoms with E-state index in [4.69, 9.17) is 4.74 Å². The number of nitrogens with zero attached hydrogens (tertiary/aromatic N) is 3. The molecule has 0 radical (unpaired) electrons. The lowest BCUT2D eigenvalue weighted by Gasteiger charge is -2.07. The van der Waals surface area contributed by atoms with Gasteiger partial charge in [-0.3, -0.25) is 4.79 Å². The molecule has 1 aromatic carbocycles. The van der Waals surface area contributed by atoms with E-state index in [9.17, 15) is 4.79 Å². The Bertz CT molecular complexity index is 593. The van der Waals surface area contributed by atoms with Crippen molar-refractivity contribution >= 4 is 6.29 Å². The molecule has 0 aliphatic rings. The van der Waals surface area contributed by atoms with Gasteiger partial charge in [0.15, 0.2) is 6.29 Å². The lowest BCUT2D eigenvalue weighted by molar-refractivity contribution is 0.111. The van der Waals surface area contributed by atoms with E-state index in [-0.39, 0.29) is 0 Å². The Hall–Kier alpha value is -2.17. The van der Waals surface area contributed by atoms with E-state index in [0.29, 0.717) is 12.3 Å². The zero-order valence-corrected chi connectivity index (χ0v) is 12.6. The van der Waals surface area contributed by atoms with Crippen LogP contribution in [0.1, 0.15) is 41.5 Å². The number of hydrogen-bond donors (Lipinski definition) is 0. The molecule has 0 atom stereocenters. The summed E-state index contributed by atoms with van der Waals surface area (Å²) >= 11 is 0. The van der Waals surface area contributed by atoms with Crippen LogP contribution in [0.4, 0.5) is 0 Å². The first-order valence-electron chi connectivity index (χ1n) is 7.31. The van der Waals surface area contributed by atoms with Gasteiger partial charge in [0.25, 0.3) is 0 Å². The molecule has 0 spiro atoms. The molecular formula is C16H21N3O2. The second-order valence-corrected chi connectivity index (χ2v) is 4.99. The topological polar surface area (TPSA) is 57.0 Å². The van der Waals surface area contributed by atoms with Crippen molar-refractivity contribution in [3.8, 4) is 5.75 Å². The minimum absolute atomic E-state index is 0.452. The van der Waals surface area contributed by atoms with Crippen molar-refractivity contribution in [3.05, 3.63) is 41.2 Å². The fraction of sp³-hybridized carbons (Fsp3) is 0.438. The van der Waals surface area contributed by atoms with Gasteiger partial charge in [-0.25, -0.2) is 4.68 Å². The van der Waals surface area contributed by atoms with Gasteiger partial charge in [-0.05, 0) is 43.9 Å². The average Bonchev–Trinajstić information content (AvgIpc) is 2.89. The Morgan fingerprint density at radius 1 is 1.33 bits per heavy atom. The van der Waals surface area contributed by atoms with Crippen LogP contribution in [0.5, 0.6) is 5.75 Å². The lowest BCUT2D eigenvalue weighted by Crippen LogP contribution is -2.07. The molecule has 5 nitrogen and oxygen atoms in total. The Kier molecular flexibility index (Phi) is 5.49. The molecule has 0 saturated carbocycles. The SMILES string of the molecule is CCc1c(C=O)nnn1CCCCOc1cccc(C)c1. The lowest BCUT2D eigenvalue weighted by atomic mass is 10.2. The number of benzene rings is 1. The van der Waals surface area contributed by atoms with E-state index in [1.165, 1.54) is 5.56 Å². The van der Waals surface area contributed by atoms with Crippen LogP contribution in [0, 0.1) is 6.92 Å². The zero-order valence-electron chi connectivity index (χ0n) is 12.6. The third kappa shape index (κ3) is 4.15. The number of hydrogen-bond acceptors (Lipinski definition) is 4. The molecule has 0 fully saturated rings. The summed E-state index contributed by atoms with van der Waals surface area (Å²) in [5, 5.41) is 7.90. The van der Waals surface area contributed by atoms with Gasteiger partial charge in [0.2, 0.25) is 0 Å². The monoisotopic (exact) mass is 287 g/mol. The van der Waals surface area contributed by atoms with Gasteiger partial charge in [-0.2, -0.15) is 0 Å². The number of unbranched alkanes of at least 4 members (excludes halogenated alkanes) is 1. The molecule has 1 heterocycles. The maximum atomic E-state index is 10.8. The minimum atomic E-state index is 0.452. The summed E-state index contributed by atoms with van der Waals surface area (Å²) in [5.41, 5.74) is 2.56. The molecule has 1 aromatic heterocycles. The summed E-state index contributed by atoms with van der Waals surface area (Å²) in [4.78, 5) is 10.8. The predicted molar refractivity (Wildman–Crippen MR) is 80.7 cm³/mol. The first-order valence-corrected chi connectivity index (χ1v) is 7.31. The van der Waals surface area contributed by atoms with Crippen LogP contribution in [0.15, 0.2) is 24.3 Å². The Labute approximate surface area is 124 Å². The maximum Gasteiger partial charge on any atom is 0.172 e. The molecule has 0 saturated heterocycles. The quantitative estimate of drug-likeness (QED) is 0.553. The molecular weight excluding hydrogens is 266 g/mol. The molecule has 21 heavy (non-hydrogen) atoms. The zero-order chi connectivity index (χ0) is 15.1. The van der Waals surface area contributed by atoms with Crippen LogP contribution < -0.4 is 4.74 Å². The number of aromatic nitrogens is 3. The third-order valence-electron chi connectivity index (χ3n) is 3.34. The second-order valence-electron chi connectivity index (χ2n) is 4.99. The van der Waals surface area contributed by atoms with Crippen molar-refractivity contribution in [1.82, 2.24) is 15.0 Å². The van der Waals surface area contributed by atoms with E-state index in [1.807, 2.05) is 29.8 Å². The molecule has 0 amide bonds. The summed E-state index contributed by atoms with van der Waals surface area (Å²) in [6.07, 6.45) is 3.41. The van der Waals surface area contributed by atoms with E-state index in [1.54, 1.807) is 0 Å². The number of aryl methyl sites for hydroxylation is 2. The molecule has 0 N–H and O–H groups in total. The third-order valence-corrected chi connectivity index (χ3v) is 3.34. The maximum absolute atomic E-state index is 10.8. The average molecular weight is 287 g/mol. The first-order chi connectivity index (χ1) is 10.2. The number of ether oxygens (including phenoxy) is 1.